The standard InChI is InChI=1S/C25H23N3O4/c1-15-10-18(16-4-3-5-17(11-16)23(29)26-2)13-27-22(15)28-24(30)25(8-9-25)19-6-7-20-21(12-19)32-14-31-20/h3-7,10-13H,8-9,14H2,1-2H3,(H,26,29)(H,27,28,30). The number of pyridine rings is 1. The molecule has 0 radical (unpaired) electrons. The minimum atomic E-state index is -0.560. The molecule has 32 heavy (non-hydrogen) atoms. The Morgan fingerprint density at radius 2 is 1.81 bits per heavy atom. The second-order valence-corrected chi connectivity index (χ2v) is 8.15. The minimum Gasteiger partial charge on any atom is -0.454 e. The summed E-state index contributed by atoms with van der Waals surface area (Å²) in [4.78, 5) is 29.6. The highest BCUT2D eigenvalue weighted by Gasteiger charge is 2.51. The number of nitrogens with one attached hydrogen (secondary N) is 2. The zero-order valence-electron chi connectivity index (χ0n) is 17.9. The van der Waals surface area contributed by atoms with Crippen molar-refractivity contribution < 1.29 is 19.1 Å². The van der Waals surface area contributed by atoms with Crippen molar-refractivity contribution in [1.82, 2.24) is 10.3 Å². The number of hydrogen-bond donors (Lipinski definition) is 2. The normalized spacial score (nSPS) is 15.2. The van der Waals surface area contributed by atoms with Gasteiger partial charge in [0.15, 0.2) is 11.5 Å². The van der Waals surface area contributed by atoms with E-state index in [4.69, 9.17) is 9.47 Å². The number of amides is 2. The van der Waals surface area contributed by atoms with Crippen molar-refractivity contribution in [3.63, 3.8) is 0 Å². The Labute approximate surface area is 185 Å². The van der Waals surface area contributed by atoms with Crippen LogP contribution in [-0.4, -0.2) is 30.6 Å². The van der Waals surface area contributed by atoms with Crippen molar-refractivity contribution in [2.75, 3.05) is 19.2 Å². The van der Waals surface area contributed by atoms with Crippen molar-refractivity contribution in [3.8, 4) is 22.6 Å². The van der Waals surface area contributed by atoms with E-state index in [1.54, 1.807) is 19.3 Å². The number of nitrogens with zero attached hydrogens (tertiary/aromatic N) is 1. The zero-order valence-corrected chi connectivity index (χ0v) is 17.9. The number of carbonyl (C=O) groups is 2. The van der Waals surface area contributed by atoms with Gasteiger partial charge in [0.2, 0.25) is 12.7 Å². The van der Waals surface area contributed by atoms with Crippen molar-refractivity contribution in [2.24, 2.45) is 0 Å². The number of anilines is 1. The third-order valence-corrected chi connectivity index (χ3v) is 6.11. The molecule has 1 aromatic heterocycles. The van der Waals surface area contributed by atoms with Gasteiger partial charge in [0, 0.05) is 24.4 Å². The summed E-state index contributed by atoms with van der Waals surface area (Å²) in [5, 5.41) is 5.64. The van der Waals surface area contributed by atoms with Crippen LogP contribution in [0.15, 0.2) is 54.7 Å². The van der Waals surface area contributed by atoms with Crippen molar-refractivity contribution in [2.45, 2.75) is 25.2 Å². The third-order valence-electron chi connectivity index (χ3n) is 6.11. The van der Waals surface area contributed by atoms with Gasteiger partial charge >= 0.3 is 0 Å². The molecular formula is C25H23N3O4. The smallest absolute Gasteiger partial charge is 0.251 e. The van der Waals surface area contributed by atoms with E-state index in [0.29, 0.717) is 22.9 Å². The number of rotatable bonds is 5. The van der Waals surface area contributed by atoms with Gasteiger partial charge in [-0.25, -0.2) is 4.98 Å². The summed E-state index contributed by atoms with van der Waals surface area (Å²) in [6.07, 6.45) is 3.27. The van der Waals surface area contributed by atoms with Crippen LogP contribution in [0.3, 0.4) is 0 Å². The SMILES string of the molecule is CNC(=O)c1cccc(-c2cnc(NC(=O)C3(c4ccc5c(c4)OCO5)CC3)c(C)c2)c1. The molecule has 1 aliphatic carbocycles. The maximum Gasteiger partial charge on any atom is 0.251 e. The molecular weight excluding hydrogens is 406 g/mol. The molecule has 5 rings (SSSR count). The lowest BCUT2D eigenvalue weighted by Gasteiger charge is -2.17. The maximum absolute atomic E-state index is 13.2. The molecule has 0 saturated heterocycles. The molecule has 2 N–H and O–H groups in total. The molecule has 162 valence electrons. The molecule has 7 heteroatoms. The van der Waals surface area contributed by atoms with Crippen molar-refractivity contribution >= 4 is 17.6 Å². The average Bonchev–Trinajstić information content (AvgIpc) is 3.50. The fraction of sp³-hybridized carbons (Fsp3) is 0.240. The second-order valence-electron chi connectivity index (χ2n) is 8.15. The highest BCUT2D eigenvalue weighted by molar-refractivity contribution is 6.01. The molecule has 0 bridgehead atoms. The second kappa shape index (κ2) is 7.67. The highest BCUT2D eigenvalue weighted by atomic mass is 16.7. The number of benzene rings is 2. The monoisotopic (exact) mass is 429 g/mol. The lowest BCUT2D eigenvalue weighted by molar-refractivity contribution is -0.118. The third kappa shape index (κ3) is 3.45. The van der Waals surface area contributed by atoms with Gasteiger partial charge in [-0.05, 0) is 66.8 Å². The molecule has 1 aliphatic heterocycles. The van der Waals surface area contributed by atoms with E-state index in [9.17, 15) is 9.59 Å². The van der Waals surface area contributed by atoms with Crippen LogP contribution in [0.1, 0.15) is 34.3 Å². The molecule has 0 spiro atoms. The van der Waals surface area contributed by atoms with Crippen LogP contribution in [0.5, 0.6) is 11.5 Å². The predicted octanol–water partition coefficient (Wildman–Crippen LogP) is 3.82. The average molecular weight is 429 g/mol. The van der Waals surface area contributed by atoms with E-state index >= 15 is 0 Å². The summed E-state index contributed by atoms with van der Waals surface area (Å²) in [6.45, 7) is 2.12. The van der Waals surface area contributed by atoms with Gasteiger partial charge in [0.05, 0.1) is 5.41 Å². The first-order valence-corrected chi connectivity index (χ1v) is 10.5. The molecule has 2 heterocycles. The van der Waals surface area contributed by atoms with Crippen LogP contribution in [-0.2, 0) is 10.2 Å². The van der Waals surface area contributed by atoms with Crippen molar-refractivity contribution in [1.29, 1.82) is 0 Å². The number of fused-ring (bicyclic) bond motifs is 1. The fourth-order valence-electron chi connectivity index (χ4n) is 4.04. The molecule has 3 aromatic rings. The molecule has 1 saturated carbocycles. The minimum absolute atomic E-state index is 0.0682. The van der Waals surface area contributed by atoms with Gasteiger partial charge in [-0.3, -0.25) is 9.59 Å². The van der Waals surface area contributed by atoms with Crippen LogP contribution in [0.2, 0.25) is 0 Å². The molecule has 0 unspecified atom stereocenters. The maximum atomic E-state index is 13.2. The largest absolute Gasteiger partial charge is 0.454 e. The van der Waals surface area contributed by atoms with Crippen molar-refractivity contribution in [3.05, 3.63) is 71.4 Å². The summed E-state index contributed by atoms with van der Waals surface area (Å²) in [6, 6.07) is 15.0. The predicted molar refractivity (Wildman–Crippen MR) is 120 cm³/mol. The lowest BCUT2D eigenvalue weighted by Crippen LogP contribution is -2.28. The molecule has 2 aromatic carbocycles. The van der Waals surface area contributed by atoms with E-state index in [-0.39, 0.29) is 18.6 Å². The van der Waals surface area contributed by atoms with Gasteiger partial charge < -0.3 is 20.1 Å². The molecule has 2 aliphatic rings. The number of hydrogen-bond acceptors (Lipinski definition) is 5. The first-order chi connectivity index (χ1) is 15.5. The van der Waals surface area contributed by atoms with Gasteiger partial charge in [0.25, 0.3) is 5.91 Å². The quantitative estimate of drug-likeness (QED) is 0.644. The van der Waals surface area contributed by atoms with Crippen LogP contribution in [0.25, 0.3) is 11.1 Å². The van der Waals surface area contributed by atoms with Crippen LogP contribution in [0, 0.1) is 6.92 Å². The summed E-state index contributed by atoms with van der Waals surface area (Å²) in [5.74, 6) is 1.71. The van der Waals surface area contributed by atoms with Gasteiger partial charge in [-0.2, -0.15) is 0 Å². The number of ether oxygens (including phenoxy) is 2. The highest BCUT2D eigenvalue weighted by Crippen LogP contribution is 2.51. The Kier molecular flexibility index (Phi) is 4.81. The molecule has 1 fully saturated rings. The number of aryl methyl sites for hydroxylation is 1. The Morgan fingerprint density at radius 1 is 1.00 bits per heavy atom. The summed E-state index contributed by atoms with van der Waals surface area (Å²) in [7, 11) is 1.61. The molecule has 2 amide bonds. The summed E-state index contributed by atoms with van der Waals surface area (Å²) < 4.78 is 10.9. The first-order valence-electron chi connectivity index (χ1n) is 10.5. The van der Waals surface area contributed by atoms with Gasteiger partial charge in [-0.1, -0.05) is 18.2 Å². The van der Waals surface area contributed by atoms with Crippen LogP contribution >= 0.6 is 0 Å². The number of aromatic nitrogens is 1. The van der Waals surface area contributed by atoms with E-state index in [1.807, 2.05) is 49.4 Å². The summed E-state index contributed by atoms with van der Waals surface area (Å²) in [5.41, 5.74) is 3.57. The van der Waals surface area contributed by atoms with Gasteiger partial charge in [-0.15, -0.1) is 0 Å². The Hall–Kier alpha value is -3.87. The summed E-state index contributed by atoms with van der Waals surface area (Å²) >= 11 is 0. The van der Waals surface area contributed by atoms with E-state index in [2.05, 4.69) is 15.6 Å². The molecule has 0 atom stereocenters. The Bertz CT molecular complexity index is 1230. The van der Waals surface area contributed by atoms with Crippen LogP contribution in [0.4, 0.5) is 5.82 Å². The first kappa shape index (κ1) is 20.1. The van der Waals surface area contributed by atoms with E-state index in [1.165, 1.54) is 0 Å². The lowest BCUT2D eigenvalue weighted by atomic mass is 9.94. The Morgan fingerprint density at radius 3 is 2.56 bits per heavy atom. The molecule has 7 nitrogen and oxygen atoms in total. The van der Waals surface area contributed by atoms with E-state index in [0.717, 1.165) is 35.1 Å². The zero-order chi connectivity index (χ0) is 22.3. The fourth-order valence-corrected chi connectivity index (χ4v) is 4.04. The van der Waals surface area contributed by atoms with Crippen LogP contribution < -0.4 is 20.1 Å². The van der Waals surface area contributed by atoms with E-state index < -0.39 is 5.41 Å². The number of carbonyl (C=O) groups excluding carboxylic acids is 2. The van der Waals surface area contributed by atoms with Gasteiger partial charge in [0.1, 0.15) is 5.82 Å². The topological polar surface area (TPSA) is 89.6 Å². The Balaban J connectivity index is 1.36.